The zero-order chi connectivity index (χ0) is 20.1. The number of ether oxygens (including phenoxy) is 1. The van der Waals surface area contributed by atoms with Gasteiger partial charge in [0.15, 0.2) is 0 Å². The van der Waals surface area contributed by atoms with Crippen LogP contribution in [0.15, 0.2) is 70.2 Å². The minimum Gasteiger partial charge on any atom is -0.496 e. The first kappa shape index (κ1) is 20.2. The number of carbonyl (C=O) groups is 1. The molecule has 0 aliphatic rings. The number of para-hydroxylation sites is 1. The molecule has 3 rings (SSSR count). The summed E-state index contributed by atoms with van der Waals surface area (Å²) >= 11 is 2.00. The van der Waals surface area contributed by atoms with Crippen LogP contribution in [0.25, 0.3) is 0 Å². The van der Waals surface area contributed by atoms with Crippen molar-refractivity contribution < 1.29 is 22.4 Å². The zero-order valence-corrected chi connectivity index (χ0v) is 17.8. The van der Waals surface area contributed by atoms with Crippen LogP contribution in [0.4, 0.5) is 5.69 Å². The highest BCUT2D eigenvalue weighted by Gasteiger charge is 2.19. The Bertz CT molecular complexity index is 1080. The van der Waals surface area contributed by atoms with Crippen molar-refractivity contribution in [1.29, 1.82) is 0 Å². The van der Waals surface area contributed by atoms with Gasteiger partial charge in [0.1, 0.15) is 11.5 Å². The molecule has 1 heterocycles. The van der Waals surface area contributed by atoms with Crippen LogP contribution < -0.4 is 14.8 Å². The molecule has 2 aromatic carbocycles. The Balaban J connectivity index is 1.82. The summed E-state index contributed by atoms with van der Waals surface area (Å²) in [7, 11) is -2.37. The van der Waals surface area contributed by atoms with Crippen LogP contribution in [0.5, 0.6) is 5.75 Å². The minimum atomic E-state index is -3.88. The van der Waals surface area contributed by atoms with Crippen LogP contribution in [0, 0.1) is 3.57 Å². The summed E-state index contributed by atoms with van der Waals surface area (Å²) < 4.78 is 39.0. The second-order valence-electron chi connectivity index (χ2n) is 5.71. The average Bonchev–Trinajstić information content (AvgIpc) is 3.20. The van der Waals surface area contributed by atoms with Crippen LogP contribution in [-0.4, -0.2) is 21.4 Å². The van der Waals surface area contributed by atoms with Crippen LogP contribution >= 0.6 is 22.6 Å². The predicted molar refractivity (Wildman–Crippen MR) is 113 cm³/mol. The number of furan rings is 1. The van der Waals surface area contributed by atoms with Crippen molar-refractivity contribution >= 4 is 44.2 Å². The maximum absolute atomic E-state index is 12.8. The first-order valence-corrected chi connectivity index (χ1v) is 10.7. The fourth-order valence-electron chi connectivity index (χ4n) is 2.46. The van der Waals surface area contributed by atoms with E-state index in [0.717, 1.165) is 0 Å². The van der Waals surface area contributed by atoms with Gasteiger partial charge in [0.25, 0.3) is 15.9 Å². The Morgan fingerprint density at radius 3 is 2.61 bits per heavy atom. The molecule has 0 saturated carbocycles. The SMILES string of the molecule is COc1ccc(S(=O)(=O)Nc2ccccc2C(=O)NCc2ccco2)cc1I. The number of sulfonamides is 1. The number of amides is 1. The van der Waals surface area contributed by atoms with Crippen molar-refractivity contribution in [3.63, 3.8) is 0 Å². The van der Waals surface area contributed by atoms with E-state index in [2.05, 4.69) is 10.0 Å². The van der Waals surface area contributed by atoms with Crippen molar-refractivity contribution in [3.05, 3.63) is 75.8 Å². The second-order valence-corrected chi connectivity index (χ2v) is 8.55. The van der Waals surface area contributed by atoms with E-state index in [-0.39, 0.29) is 22.7 Å². The molecule has 1 aromatic heterocycles. The highest BCUT2D eigenvalue weighted by Crippen LogP contribution is 2.26. The van der Waals surface area contributed by atoms with Crippen LogP contribution in [0.3, 0.4) is 0 Å². The number of hydrogen-bond acceptors (Lipinski definition) is 5. The van der Waals surface area contributed by atoms with E-state index in [9.17, 15) is 13.2 Å². The third-order valence-corrected chi connectivity index (χ3v) is 6.06. The van der Waals surface area contributed by atoms with Crippen LogP contribution in [0.1, 0.15) is 16.1 Å². The topological polar surface area (TPSA) is 97.6 Å². The molecule has 0 radical (unpaired) electrons. The molecular weight excluding hydrogens is 495 g/mol. The van der Waals surface area contributed by atoms with Gasteiger partial charge in [-0.25, -0.2) is 8.42 Å². The molecule has 1 amide bonds. The number of hydrogen-bond donors (Lipinski definition) is 2. The Morgan fingerprint density at radius 2 is 1.93 bits per heavy atom. The van der Waals surface area contributed by atoms with Gasteiger partial charge in [-0.2, -0.15) is 0 Å². The van der Waals surface area contributed by atoms with E-state index < -0.39 is 15.9 Å². The number of nitrogens with one attached hydrogen (secondary N) is 2. The molecule has 0 fully saturated rings. The van der Waals surface area contributed by atoms with Gasteiger partial charge in [0.05, 0.1) is 39.6 Å². The normalized spacial score (nSPS) is 11.1. The highest BCUT2D eigenvalue weighted by atomic mass is 127. The van der Waals surface area contributed by atoms with Crippen molar-refractivity contribution in [2.45, 2.75) is 11.4 Å². The molecule has 0 aliphatic carbocycles. The minimum absolute atomic E-state index is 0.0727. The summed E-state index contributed by atoms with van der Waals surface area (Å²) in [6, 6.07) is 14.4. The summed E-state index contributed by atoms with van der Waals surface area (Å²) in [6.07, 6.45) is 1.51. The summed E-state index contributed by atoms with van der Waals surface area (Å²) in [5.41, 5.74) is 0.395. The Morgan fingerprint density at radius 1 is 1.14 bits per heavy atom. The average molecular weight is 512 g/mol. The highest BCUT2D eigenvalue weighted by molar-refractivity contribution is 14.1. The van der Waals surface area contributed by atoms with Gasteiger partial charge in [-0.05, 0) is 65.1 Å². The van der Waals surface area contributed by atoms with E-state index in [4.69, 9.17) is 9.15 Å². The number of halogens is 1. The third-order valence-electron chi connectivity index (χ3n) is 3.85. The molecule has 146 valence electrons. The maximum atomic E-state index is 12.8. The molecule has 9 heteroatoms. The molecule has 0 saturated heterocycles. The maximum Gasteiger partial charge on any atom is 0.261 e. The van der Waals surface area contributed by atoms with Gasteiger partial charge in [-0.1, -0.05) is 12.1 Å². The smallest absolute Gasteiger partial charge is 0.261 e. The lowest BCUT2D eigenvalue weighted by molar-refractivity contribution is 0.0949. The summed E-state index contributed by atoms with van der Waals surface area (Å²) in [4.78, 5) is 12.6. The van der Waals surface area contributed by atoms with E-state index in [0.29, 0.717) is 15.1 Å². The molecule has 3 aromatic rings. The monoisotopic (exact) mass is 512 g/mol. The fourth-order valence-corrected chi connectivity index (χ4v) is 4.52. The lowest BCUT2D eigenvalue weighted by atomic mass is 10.1. The number of rotatable bonds is 7. The zero-order valence-electron chi connectivity index (χ0n) is 14.8. The molecule has 0 spiro atoms. The Labute approximate surface area is 176 Å². The first-order chi connectivity index (χ1) is 13.4. The van der Waals surface area contributed by atoms with E-state index in [1.807, 2.05) is 22.6 Å². The number of carbonyl (C=O) groups excluding carboxylic acids is 1. The van der Waals surface area contributed by atoms with Crippen molar-refractivity contribution in [2.75, 3.05) is 11.8 Å². The molecule has 0 unspecified atom stereocenters. The molecule has 0 aliphatic heterocycles. The molecular formula is C19H17IN2O5S. The van der Waals surface area contributed by atoms with Crippen molar-refractivity contribution in [2.24, 2.45) is 0 Å². The predicted octanol–water partition coefficient (Wildman–Crippen LogP) is 3.62. The molecule has 28 heavy (non-hydrogen) atoms. The first-order valence-electron chi connectivity index (χ1n) is 8.16. The molecule has 7 nitrogen and oxygen atoms in total. The molecule has 0 bridgehead atoms. The van der Waals surface area contributed by atoms with Gasteiger partial charge in [0.2, 0.25) is 0 Å². The van der Waals surface area contributed by atoms with E-state index in [1.165, 1.54) is 31.6 Å². The molecule has 0 atom stereocenters. The van der Waals surface area contributed by atoms with Crippen molar-refractivity contribution in [3.8, 4) is 5.75 Å². The van der Waals surface area contributed by atoms with Gasteiger partial charge in [-0.15, -0.1) is 0 Å². The second kappa shape index (κ2) is 8.65. The van der Waals surface area contributed by atoms with Gasteiger partial charge < -0.3 is 14.5 Å². The Kier molecular flexibility index (Phi) is 6.25. The van der Waals surface area contributed by atoms with Gasteiger partial charge in [-0.3, -0.25) is 9.52 Å². The number of anilines is 1. The van der Waals surface area contributed by atoms with Crippen LogP contribution in [-0.2, 0) is 16.6 Å². The fraction of sp³-hybridized carbons (Fsp3) is 0.105. The standard InChI is InChI=1S/C19H17IN2O5S/c1-26-18-9-8-14(11-16(18)20)28(24,25)22-17-7-3-2-6-15(17)19(23)21-12-13-5-4-10-27-13/h2-11,22H,12H2,1H3,(H,21,23). The lowest BCUT2D eigenvalue weighted by Gasteiger charge is -2.13. The summed E-state index contributed by atoms with van der Waals surface area (Å²) in [5.74, 6) is 0.760. The largest absolute Gasteiger partial charge is 0.496 e. The van der Waals surface area contributed by atoms with Crippen molar-refractivity contribution in [1.82, 2.24) is 5.32 Å². The lowest BCUT2D eigenvalue weighted by Crippen LogP contribution is -2.24. The van der Waals surface area contributed by atoms with Crippen LogP contribution in [0.2, 0.25) is 0 Å². The van der Waals surface area contributed by atoms with E-state index >= 15 is 0 Å². The third kappa shape index (κ3) is 4.65. The van der Waals surface area contributed by atoms with Gasteiger partial charge in [0, 0.05) is 0 Å². The summed E-state index contributed by atoms with van der Waals surface area (Å²) in [5, 5.41) is 2.71. The van der Waals surface area contributed by atoms with Gasteiger partial charge >= 0.3 is 0 Å². The Hall–Kier alpha value is -2.53. The quantitative estimate of drug-likeness (QED) is 0.472. The van der Waals surface area contributed by atoms with E-state index in [1.54, 1.807) is 36.4 Å². The number of benzene rings is 2. The number of methoxy groups -OCH3 is 1. The molecule has 2 N–H and O–H groups in total. The summed E-state index contributed by atoms with van der Waals surface area (Å²) in [6.45, 7) is 0.198.